The maximum Gasteiger partial charge on any atom is 0.183 e. The van der Waals surface area contributed by atoms with Crippen molar-refractivity contribution in [3.05, 3.63) is 18.2 Å². The van der Waals surface area contributed by atoms with Gasteiger partial charge in [0.05, 0.1) is 10.2 Å². The molecule has 0 radical (unpaired) electrons. The average molecular weight is 249 g/mol. The average Bonchev–Trinajstić information content (AvgIpc) is 2.57. The van der Waals surface area contributed by atoms with Crippen molar-refractivity contribution in [1.29, 1.82) is 0 Å². The highest BCUT2D eigenvalue weighted by Crippen LogP contribution is 2.28. The van der Waals surface area contributed by atoms with Gasteiger partial charge in [0, 0.05) is 12.2 Å². The Kier molecular flexibility index (Phi) is 3.24. The monoisotopic (exact) mass is 249 g/mol. The highest BCUT2D eigenvalue weighted by molar-refractivity contribution is 7.22. The van der Waals surface area contributed by atoms with Crippen LogP contribution in [0.25, 0.3) is 10.2 Å². The first-order valence-corrected chi connectivity index (χ1v) is 6.66. The molecule has 3 nitrogen and oxygen atoms in total. The van der Waals surface area contributed by atoms with E-state index in [4.69, 9.17) is 5.73 Å². The lowest BCUT2D eigenvalue weighted by atomic mass is 9.92. The molecule has 0 aliphatic heterocycles. The van der Waals surface area contributed by atoms with Crippen LogP contribution >= 0.6 is 11.3 Å². The van der Waals surface area contributed by atoms with Gasteiger partial charge in [0.1, 0.15) is 0 Å². The molecular weight excluding hydrogens is 230 g/mol. The van der Waals surface area contributed by atoms with Crippen molar-refractivity contribution in [2.24, 2.45) is 5.41 Å². The SMILES string of the molecule is CC(C)(C)CCNc1nc2ccc(N)cc2s1. The van der Waals surface area contributed by atoms with Crippen LogP contribution in [0.3, 0.4) is 0 Å². The number of thiazole rings is 1. The summed E-state index contributed by atoms with van der Waals surface area (Å²) in [5.41, 5.74) is 7.91. The molecule has 0 aliphatic carbocycles. The highest BCUT2D eigenvalue weighted by atomic mass is 32.1. The number of nitrogens with zero attached hydrogens (tertiary/aromatic N) is 1. The minimum atomic E-state index is 0.355. The van der Waals surface area contributed by atoms with Crippen molar-refractivity contribution < 1.29 is 0 Å². The van der Waals surface area contributed by atoms with E-state index in [9.17, 15) is 0 Å². The minimum absolute atomic E-state index is 0.355. The molecule has 0 spiro atoms. The second kappa shape index (κ2) is 4.53. The molecule has 1 aromatic heterocycles. The number of aromatic nitrogens is 1. The molecule has 4 heteroatoms. The zero-order valence-electron chi connectivity index (χ0n) is 10.6. The lowest BCUT2D eigenvalue weighted by molar-refractivity contribution is 0.390. The van der Waals surface area contributed by atoms with Crippen molar-refractivity contribution in [3.8, 4) is 0 Å². The number of fused-ring (bicyclic) bond motifs is 1. The zero-order chi connectivity index (χ0) is 12.5. The van der Waals surface area contributed by atoms with Gasteiger partial charge in [0.25, 0.3) is 0 Å². The van der Waals surface area contributed by atoms with E-state index in [-0.39, 0.29) is 0 Å². The molecule has 1 heterocycles. The molecule has 92 valence electrons. The van der Waals surface area contributed by atoms with E-state index in [2.05, 4.69) is 31.1 Å². The number of hydrogen-bond acceptors (Lipinski definition) is 4. The van der Waals surface area contributed by atoms with Crippen LogP contribution in [0.4, 0.5) is 10.8 Å². The summed E-state index contributed by atoms with van der Waals surface area (Å²) in [6.45, 7) is 7.69. The molecule has 0 saturated heterocycles. The number of benzene rings is 1. The Morgan fingerprint density at radius 3 is 2.82 bits per heavy atom. The van der Waals surface area contributed by atoms with Gasteiger partial charge in [0.2, 0.25) is 0 Å². The minimum Gasteiger partial charge on any atom is -0.399 e. The summed E-state index contributed by atoms with van der Waals surface area (Å²) in [5, 5.41) is 4.36. The van der Waals surface area contributed by atoms with Crippen LogP contribution in [0.1, 0.15) is 27.2 Å². The van der Waals surface area contributed by atoms with Gasteiger partial charge in [-0.15, -0.1) is 0 Å². The van der Waals surface area contributed by atoms with E-state index in [1.54, 1.807) is 11.3 Å². The van der Waals surface area contributed by atoms with Crippen LogP contribution in [0, 0.1) is 5.41 Å². The number of hydrogen-bond donors (Lipinski definition) is 2. The molecule has 1 aromatic carbocycles. The van der Waals surface area contributed by atoms with E-state index in [1.807, 2.05) is 18.2 Å². The summed E-state index contributed by atoms with van der Waals surface area (Å²) in [7, 11) is 0. The quantitative estimate of drug-likeness (QED) is 0.815. The normalized spacial score (nSPS) is 11.9. The summed E-state index contributed by atoms with van der Waals surface area (Å²) < 4.78 is 1.14. The Morgan fingerprint density at radius 1 is 1.35 bits per heavy atom. The molecule has 2 aromatic rings. The molecule has 17 heavy (non-hydrogen) atoms. The number of rotatable bonds is 3. The third-order valence-electron chi connectivity index (χ3n) is 2.56. The van der Waals surface area contributed by atoms with E-state index < -0.39 is 0 Å². The standard InChI is InChI=1S/C13H19N3S/c1-13(2,3)6-7-15-12-16-10-5-4-9(14)8-11(10)17-12/h4-5,8H,6-7,14H2,1-3H3,(H,15,16). The van der Waals surface area contributed by atoms with Crippen LogP contribution < -0.4 is 11.1 Å². The lowest BCUT2D eigenvalue weighted by Crippen LogP contribution is -2.12. The fraction of sp³-hybridized carbons (Fsp3) is 0.462. The van der Waals surface area contributed by atoms with Crippen LogP contribution in [0.5, 0.6) is 0 Å². The van der Waals surface area contributed by atoms with Gasteiger partial charge in [-0.1, -0.05) is 32.1 Å². The smallest absolute Gasteiger partial charge is 0.183 e. The third kappa shape index (κ3) is 3.33. The van der Waals surface area contributed by atoms with Crippen molar-refractivity contribution in [3.63, 3.8) is 0 Å². The van der Waals surface area contributed by atoms with Gasteiger partial charge >= 0.3 is 0 Å². The first-order valence-electron chi connectivity index (χ1n) is 5.84. The van der Waals surface area contributed by atoms with Crippen LogP contribution in [0.15, 0.2) is 18.2 Å². The summed E-state index contributed by atoms with van der Waals surface area (Å²) in [4.78, 5) is 4.53. The van der Waals surface area contributed by atoms with Gasteiger partial charge < -0.3 is 11.1 Å². The Balaban J connectivity index is 2.05. The topological polar surface area (TPSA) is 50.9 Å². The first kappa shape index (κ1) is 12.2. The predicted octanol–water partition coefficient (Wildman–Crippen LogP) is 3.73. The molecule has 0 unspecified atom stereocenters. The van der Waals surface area contributed by atoms with Crippen molar-refractivity contribution in [2.75, 3.05) is 17.6 Å². The van der Waals surface area contributed by atoms with E-state index in [0.717, 1.165) is 34.0 Å². The summed E-state index contributed by atoms with van der Waals surface area (Å²) >= 11 is 1.66. The number of anilines is 2. The fourth-order valence-corrected chi connectivity index (χ4v) is 2.50. The summed E-state index contributed by atoms with van der Waals surface area (Å²) in [6.07, 6.45) is 1.13. The van der Waals surface area contributed by atoms with Crippen LogP contribution in [-0.2, 0) is 0 Å². The second-order valence-corrected chi connectivity index (χ2v) is 6.51. The van der Waals surface area contributed by atoms with Gasteiger partial charge in [-0.2, -0.15) is 0 Å². The number of nitrogen functional groups attached to an aromatic ring is 1. The van der Waals surface area contributed by atoms with Crippen LogP contribution in [-0.4, -0.2) is 11.5 Å². The van der Waals surface area contributed by atoms with Gasteiger partial charge in [-0.3, -0.25) is 0 Å². The Hall–Kier alpha value is -1.29. The van der Waals surface area contributed by atoms with E-state index in [0.29, 0.717) is 5.41 Å². The summed E-state index contributed by atoms with van der Waals surface area (Å²) in [6, 6.07) is 5.83. The molecule has 3 N–H and O–H groups in total. The maximum absolute atomic E-state index is 5.75. The lowest BCUT2D eigenvalue weighted by Gasteiger charge is -2.17. The number of nitrogens with one attached hydrogen (secondary N) is 1. The molecular formula is C13H19N3S. The second-order valence-electron chi connectivity index (χ2n) is 5.48. The number of nitrogens with two attached hydrogens (primary N) is 1. The van der Waals surface area contributed by atoms with E-state index in [1.165, 1.54) is 0 Å². The van der Waals surface area contributed by atoms with Crippen LogP contribution in [0.2, 0.25) is 0 Å². The van der Waals surface area contributed by atoms with Gasteiger partial charge in [-0.25, -0.2) is 4.98 Å². The largest absolute Gasteiger partial charge is 0.399 e. The van der Waals surface area contributed by atoms with Crippen molar-refractivity contribution >= 4 is 32.4 Å². The predicted molar refractivity (Wildman–Crippen MR) is 76.6 cm³/mol. The van der Waals surface area contributed by atoms with Gasteiger partial charge in [0.15, 0.2) is 5.13 Å². The fourth-order valence-electron chi connectivity index (χ4n) is 1.56. The molecule has 0 aliphatic rings. The van der Waals surface area contributed by atoms with Crippen molar-refractivity contribution in [1.82, 2.24) is 4.98 Å². The zero-order valence-corrected chi connectivity index (χ0v) is 11.4. The highest BCUT2D eigenvalue weighted by Gasteiger charge is 2.10. The Morgan fingerprint density at radius 2 is 2.12 bits per heavy atom. The third-order valence-corrected chi connectivity index (χ3v) is 3.54. The van der Waals surface area contributed by atoms with Crippen molar-refractivity contribution in [2.45, 2.75) is 27.2 Å². The molecule has 0 saturated carbocycles. The van der Waals surface area contributed by atoms with E-state index >= 15 is 0 Å². The maximum atomic E-state index is 5.75. The molecule has 0 atom stereocenters. The first-order chi connectivity index (χ1) is 7.94. The Bertz CT molecular complexity index is 511. The van der Waals surface area contributed by atoms with Gasteiger partial charge in [-0.05, 0) is 30.0 Å². The summed E-state index contributed by atoms with van der Waals surface area (Å²) in [5.74, 6) is 0. The molecule has 0 fully saturated rings. The molecule has 0 bridgehead atoms. The molecule has 2 rings (SSSR count). The Labute approximate surface area is 106 Å². The molecule has 0 amide bonds.